The van der Waals surface area contributed by atoms with Gasteiger partial charge in [-0.2, -0.15) is 0 Å². The first kappa shape index (κ1) is 22.1. The van der Waals surface area contributed by atoms with Crippen molar-refractivity contribution in [2.45, 2.75) is 26.0 Å². The topological polar surface area (TPSA) is 89.1 Å². The molecular formula is C20H31N3O5. The molecule has 0 bridgehead atoms. The zero-order valence-electron chi connectivity index (χ0n) is 17.3. The van der Waals surface area contributed by atoms with Gasteiger partial charge in [0, 0.05) is 52.2 Å². The SMILES string of the molecule is COCC(=O)Nc1ccc2c(c1)OC[C@H](C)NC[C@@H](C)[C@H](OC)CN(C)C2=O. The van der Waals surface area contributed by atoms with E-state index >= 15 is 0 Å². The fourth-order valence-electron chi connectivity index (χ4n) is 3.06. The summed E-state index contributed by atoms with van der Waals surface area (Å²) in [7, 11) is 4.88. The molecule has 0 fully saturated rings. The van der Waals surface area contributed by atoms with E-state index in [2.05, 4.69) is 17.6 Å². The van der Waals surface area contributed by atoms with Gasteiger partial charge in [0.05, 0.1) is 11.7 Å². The zero-order valence-corrected chi connectivity index (χ0v) is 17.3. The standard InChI is InChI=1S/C20H31N3O5/c1-13-9-21-14(2)11-28-17-8-15(22-19(24)12-26-4)6-7-16(17)20(25)23(3)10-18(13)27-5/h6-8,13-14,18,21H,9-12H2,1-5H3,(H,22,24)/t13-,14+,18-/m1/s1. The van der Waals surface area contributed by atoms with Crippen LogP contribution in [-0.2, 0) is 14.3 Å². The average molecular weight is 393 g/mol. The van der Waals surface area contributed by atoms with E-state index in [9.17, 15) is 9.59 Å². The van der Waals surface area contributed by atoms with Crippen LogP contribution in [0.25, 0.3) is 0 Å². The number of hydrogen-bond acceptors (Lipinski definition) is 6. The highest BCUT2D eigenvalue weighted by Gasteiger charge is 2.25. The second-order valence-corrected chi connectivity index (χ2v) is 7.25. The molecule has 28 heavy (non-hydrogen) atoms. The first-order chi connectivity index (χ1) is 13.3. The summed E-state index contributed by atoms with van der Waals surface area (Å²) in [5, 5.41) is 6.17. The van der Waals surface area contributed by atoms with Crippen molar-refractivity contribution in [2.75, 3.05) is 52.9 Å². The molecule has 2 rings (SSSR count). The average Bonchev–Trinajstić information content (AvgIpc) is 2.67. The van der Waals surface area contributed by atoms with E-state index < -0.39 is 0 Å². The summed E-state index contributed by atoms with van der Waals surface area (Å²) in [4.78, 5) is 26.4. The lowest BCUT2D eigenvalue weighted by molar-refractivity contribution is -0.119. The van der Waals surface area contributed by atoms with E-state index in [1.807, 2.05) is 6.92 Å². The molecule has 8 heteroatoms. The number of carbonyl (C=O) groups excluding carboxylic acids is 2. The maximum Gasteiger partial charge on any atom is 0.257 e. The third kappa shape index (κ3) is 5.92. The lowest BCUT2D eigenvalue weighted by Gasteiger charge is -2.30. The zero-order chi connectivity index (χ0) is 20.7. The highest BCUT2D eigenvalue weighted by Crippen LogP contribution is 2.26. The van der Waals surface area contributed by atoms with E-state index in [0.29, 0.717) is 30.2 Å². The van der Waals surface area contributed by atoms with E-state index in [1.54, 1.807) is 37.3 Å². The lowest BCUT2D eigenvalue weighted by atomic mass is 10.0. The molecule has 0 saturated heterocycles. The Bertz CT molecular complexity index is 682. The van der Waals surface area contributed by atoms with Crippen LogP contribution in [0, 0.1) is 5.92 Å². The number of fused-ring (bicyclic) bond motifs is 1. The summed E-state index contributed by atoms with van der Waals surface area (Å²) in [6.07, 6.45) is -0.0787. The van der Waals surface area contributed by atoms with Crippen LogP contribution in [0.4, 0.5) is 5.69 Å². The molecule has 0 aromatic heterocycles. The van der Waals surface area contributed by atoms with Crippen molar-refractivity contribution >= 4 is 17.5 Å². The Labute approximate surface area is 166 Å². The molecule has 3 atom stereocenters. The number of likely N-dealkylation sites (N-methyl/N-ethyl adjacent to an activating group) is 1. The van der Waals surface area contributed by atoms with Gasteiger partial charge in [-0.05, 0) is 25.0 Å². The van der Waals surface area contributed by atoms with Crippen molar-refractivity contribution in [3.63, 3.8) is 0 Å². The summed E-state index contributed by atoms with van der Waals surface area (Å²) >= 11 is 0. The van der Waals surface area contributed by atoms with Gasteiger partial charge in [-0.15, -0.1) is 0 Å². The van der Waals surface area contributed by atoms with E-state index in [4.69, 9.17) is 14.2 Å². The number of hydrogen-bond donors (Lipinski definition) is 2. The number of carbonyl (C=O) groups is 2. The van der Waals surface area contributed by atoms with Gasteiger partial charge < -0.3 is 29.7 Å². The Kier molecular flexibility index (Phi) is 8.22. The predicted octanol–water partition coefficient (Wildman–Crippen LogP) is 1.37. The van der Waals surface area contributed by atoms with Crippen LogP contribution in [0.3, 0.4) is 0 Å². The number of amides is 2. The summed E-state index contributed by atoms with van der Waals surface area (Å²) in [6.45, 7) is 5.70. The van der Waals surface area contributed by atoms with Crippen LogP contribution in [0.15, 0.2) is 18.2 Å². The largest absolute Gasteiger partial charge is 0.491 e. The number of methoxy groups -OCH3 is 2. The molecule has 0 unspecified atom stereocenters. The molecule has 1 heterocycles. The van der Waals surface area contributed by atoms with E-state index in [-0.39, 0.29) is 36.5 Å². The van der Waals surface area contributed by atoms with Crippen molar-refractivity contribution in [3.05, 3.63) is 23.8 Å². The Morgan fingerprint density at radius 3 is 2.79 bits per heavy atom. The summed E-state index contributed by atoms with van der Waals surface area (Å²) in [6, 6.07) is 5.12. The van der Waals surface area contributed by atoms with E-state index in [0.717, 1.165) is 6.54 Å². The highest BCUT2D eigenvalue weighted by atomic mass is 16.5. The molecule has 0 spiro atoms. The third-order valence-electron chi connectivity index (χ3n) is 4.79. The molecule has 0 radical (unpaired) electrons. The fraction of sp³-hybridized carbons (Fsp3) is 0.600. The van der Waals surface area contributed by atoms with Gasteiger partial charge in [-0.3, -0.25) is 9.59 Å². The fourth-order valence-corrected chi connectivity index (χ4v) is 3.06. The van der Waals surface area contributed by atoms with Crippen LogP contribution in [-0.4, -0.2) is 76.4 Å². The molecule has 1 aliphatic heterocycles. The van der Waals surface area contributed by atoms with Crippen LogP contribution in [0.2, 0.25) is 0 Å². The number of ether oxygens (including phenoxy) is 3. The minimum atomic E-state index is -0.272. The molecule has 156 valence electrons. The van der Waals surface area contributed by atoms with Gasteiger partial charge in [0.25, 0.3) is 5.91 Å². The minimum absolute atomic E-state index is 0.0445. The summed E-state index contributed by atoms with van der Waals surface area (Å²) in [5.74, 6) is 0.245. The molecule has 1 aromatic rings. The van der Waals surface area contributed by atoms with Crippen LogP contribution >= 0.6 is 0 Å². The molecule has 2 amide bonds. The predicted molar refractivity (Wildman–Crippen MR) is 107 cm³/mol. The number of anilines is 1. The third-order valence-corrected chi connectivity index (χ3v) is 4.79. The van der Waals surface area contributed by atoms with Crippen molar-refractivity contribution in [3.8, 4) is 5.75 Å². The summed E-state index contributed by atoms with van der Waals surface area (Å²) < 4.78 is 16.4. The Morgan fingerprint density at radius 2 is 2.11 bits per heavy atom. The lowest BCUT2D eigenvalue weighted by Crippen LogP contribution is -2.44. The molecule has 0 aliphatic carbocycles. The van der Waals surface area contributed by atoms with Crippen LogP contribution in [0.1, 0.15) is 24.2 Å². The molecule has 1 aromatic carbocycles. The number of nitrogens with zero attached hydrogens (tertiary/aromatic N) is 1. The smallest absolute Gasteiger partial charge is 0.257 e. The maximum atomic E-state index is 13.0. The van der Waals surface area contributed by atoms with Gasteiger partial charge in [0.1, 0.15) is 19.0 Å². The van der Waals surface area contributed by atoms with Gasteiger partial charge in [-0.25, -0.2) is 0 Å². The molecule has 2 N–H and O–H groups in total. The molecular weight excluding hydrogens is 362 g/mol. The Morgan fingerprint density at radius 1 is 1.36 bits per heavy atom. The number of rotatable bonds is 4. The Balaban J connectivity index is 2.31. The molecule has 8 nitrogen and oxygen atoms in total. The Hall–Kier alpha value is -2.16. The van der Waals surface area contributed by atoms with Crippen molar-refractivity contribution < 1.29 is 23.8 Å². The minimum Gasteiger partial charge on any atom is -0.491 e. The van der Waals surface area contributed by atoms with Gasteiger partial charge in [0.15, 0.2) is 0 Å². The second kappa shape index (κ2) is 10.4. The van der Waals surface area contributed by atoms with Gasteiger partial charge >= 0.3 is 0 Å². The number of benzene rings is 1. The van der Waals surface area contributed by atoms with Crippen LogP contribution < -0.4 is 15.4 Å². The second-order valence-electron chi connectivity index (χ2n) is 7.25. The first-order valence-electron chi connectivity index (χ1n) is 9.43. The van der Waals surface area contributed by atoms with Gasteiger partial charge in [0.2, 0.25) is 5.91 Å². The van der Waals surface area contributed by atoms with Crippen molar-refractivity contribution in [1.29, 1.82) is 0 Å². The van der Waals surface area contributed by atoms with Crippen LogP contribution in [0.5, 0.6) is 5.75 Å². The molecule has 1 aliphatic rings. The number of nitrogens with one attached hydrogen (secondary N) is 2. The van der Waals surface area contributed by atoms with Crippen molar-refractivity contribution in [2.24, 2.45) is 5.92 Å². The van der Waals surface area contributed by atoms with E-state index in [1.165, 1.54) is 7.11 Å². The molecule has 0 saturated carbocycles. The maximum absolute atomic E-state index is 13.0. The highest BCUT2D eigenvalue weighted by molar-refractivity contribution is 5.98. The first-order valence-corrected chi connectivity index (χ1v) is 9.43. The van der Waals surface area contributed by atoms with Crippen molar-refractivity contribution in [1.82, 2.24) is 10.2 Å². The van der Waals surface area contributed by atoms with Gasteiger partial charge in [-0.1, -0.05) is 6.92 Å². The quantitative estimate of drug-likeness (QED) is 0.803. The monoisotopic (exact) mass is 393 g/mol. The normalized spacial score (nSPS) is 23.8. The summed E-state index contributed by atoms with van der Waals surface area (Å²) in [5.41, 5.74) is 0.995.